The average Bonchev–Trinajstić information content (AvgIpc) is 2.52. The second kappa shape index (κ2) is 6.69. The fourth-order valence-electron chi connectivity index (χ4n) is 4.26. The number of benzene rings is 1. The standard InChI is InChI=1S/C18H26N2O2/c21-17(22)19-16-9-12-18(10-5-2-6-11-18)20(14-16)13-15-7-3-1-4-8-15/h1,3-4,7-8,16,19H,2,5-6,9-14H2,(H,21,22). The van der Waals surface area contributed by atoms with Gasteiger partial charge in [-0.1, -0.05) is 49.6 Å². The van der Waals surface area contributed by atoms with Crippen LogP contribution in [0.3, 0.4) is 0 Å². The highest BCUT2D eigenvalue weighted by atomic mass is 16.4. The molecule has 1 amide bonds. The number of nitrogens with zero attached hydrogens (tertiary/aromatic N) is 1. The van der Waals surface area contributed by atoms with Crippen LogP contribution in [0, 0.1) is 0 Å². The van der Waals surface area contributed by atoms with Gasteiger partial charge in [0.05, 0.1) is 0 Å². The summed E-state index contributed by atoms with van der Waals surface area (Å²) < 4.78 is 0. The van der Waals surface area contributed by atoms with Crippen molar-refractivity contribution in [3.63, 3.8) is 0 Å². The normalized spacial score (nSPS) is 25.0. The zero-order valence-corrected chi connectivity index (χ0v) is 13.1. The largest absolute Gasteiger partial charge is 0.465 e. The van der Waals surface area contributed by atoms with Gasteiger partial charge in [0.1, 0.15) is 0 Å². The summed E-state index contributed by atoms with van der Waals surface area (Å²) in [5.74, 6) is 0. The molecular formula is C18H26N2O2. The lowest BCUT2D eigenvalue weighted by atomic mass is 9.73. The molecule has 1 aromatic carbocycles. The Morgan fingerprint density at radius 1 is 1.18 bits per heavy atom. The summed E-state index contributed by atoms with van der Waals surface area (Å²) >= 11 is 0. The van der Waals surface area contributed by atoms with Gasteiger partial charge in [0.2, 0.25) is 0 Å². The van der Waals surface area contributed by atoms with E-state index >= 15 is 0 Å². The lowest BCUT2D eigenvalue weighted by Crippen LogP contribution is -2.59. The molecule has 120 valence electrons. The third-order valence-corrected chi connectivity index (χ3v) is 5.40. The predicted octanol–water partition coefficient (Wildman–Crippen LogP) is 3.62. The molecule has 2 aliphatic rings. The minimum atomic E-state index is -0.899. The van der Waals surface area contributed by atoms with Gasteiger partial charge in [-0.2, -0.15) is 0 Å². The molecular weight excluding hydrogens is 276 g/mol. The van der Waals surface area contributed by atoms with Crippen molar-refractivity contribution in [2.75, 3.05) is 6.54 Å². The third-order valence-electron chi connectivity index (χ3n) is 5.40. The summed E-state index contributed by atoms with van der Waals surface area (Å²) in [5, 5.41) is 11.7. The molecule has 2 fully saturated rings. The van der Waals surface area contributed by atoms with Gasteiger partial charge in [0.15, 0.2) is 0 Å². The van der Waals surface area contributed by atoms with Gasteiger partial charge in [-0.05, 0) is 31.2 Å². The van der Waals surface area contributed by atoms with Gasteiger partial charge < -0.3 is 10.4 Å². The Kier molecular flexibility index (Phi) is 4.67. The maximum absolute atomic E-state index is 11.0. The first-order valence-electron chi connectivity index (χ1n) is 8.46. The molecule has 22 heavy (non-hydrogen) atoms. The maximum atomic E-state index is 11.0. The minimum Gasteiger partial charge on any atom is -0.465 e. The number of likely N-dealkylation sites (tertiary alicyclic amines) is 1. The number of hydrogen-bond acceptors (Lipinski definition) is 2. The van der Waals surface area contributed by atoms with Crippen LogP contribution in [0.1, 0.15) is 50.5 Å². The highest BCUT2D eigenvalue weighted by Gasteiger charge is 2.42. The molecule has 1 aliphatic carbocycles. The number of rotatable bonds is 3. The quantitative estimate of drug-likeness (QED) is 0.896. The molecule has 1 saturated carbocycles. The van der Waals surface area contributed by atoms with Crippen LogP contribution in [0.5, 0.6) is 0 Å². The van der Waals surface area contributed by atoms with Gasteiger partial charge in [-0.25, -0.2) is 4.79 Å². The highest BCUT2D eigenvalue weighted by molar-refractivity contribution is 5.64. The number of amides is 1. The zero-order valence-electron chi connectivity index (χ0n) is 13.1. The number of nitrogens with one attached hydrogen (secondary N) is 1. The first kappa shape index (κ1) is 15.3. The van der Waals surface area contributed by atoms with Crippen molar-refractivity contribution >= 4 is 6.09 Å². The van der Waals surface area contributed by atoms with Crippen LogP contribution in [-0.2, 0) is 6.54 Å². The monoisotopic (exact) mass is 302 g/mol. The maximum Gasteiger partial charge on any atom is 0.404 e. The molecule has 2 N–H and O–H groups in total. The van der Waals surface area contributed by atoms with Gasteiger partial charge in [0, 0.05) is 24.7 Å². The van der Waals surface area contributed by atoms with Crippen molar-refractivity contribution < 1.29 is 9.90 Å². The number of carboxylic acid groups (broad SMARTS) is 1. The number of carbonyl (C=O) groups is 1. The van der Waals surface area contributed by atoms with Crippen LogP contribution in [0.25, 0.3) is 0 Å². The molecule has 1 aliphatic heterocycles. The molecule has 1 aromatic rings. The van der Waals surface area contributed by atoms with Crippen molar-refractivity contribution in [1.29, 1.82) is 0 Å². The molecule has 1 heterocycles. The van der Waals surface area contributed by atoms with E-state index in [4.69, 9.17) is 5.11 Å². The molecule has 1 spiro atoms. The Bertz CT molecular complexity index is 497. The smallest absolute Gasteiger partial charge is 0.404 e. The van der Waals surface area contributed by atoms with Crippen molar-refractivity contribution in [3.05, 3.63) is 35.9 Å². The Balaban J connectivity index is 1.76. The van der Waals surface area contributed by atoms with Crippen molar-refractivity contribution in [3.8, 4) is 0 Å². The zero-order chi connectivity index (χ0) is 15.4. The number of hydrogen-bond donors (Lipinski definition) is 2. The van der Waals surface area contributed by atoms with Gasteiger partial charge >= 0.3 is 6.09 Å². The molecule has 0 radical (unpaired) electrons. The summed E-state index contributed by atoms with van der Waals surface area (Å²) in [4.78, 5) is 13.5. The second-order valence-corrected chi connectivity index (χ2v) is 6.84. The average molecular weight is 302 g/mol. The van der Waals surface area contributed by atoms with E-state index in [-0.39, 0.29) is 6.04 Å². The van der Waals surface area contributed by atoms with E-state index in [2.05, 4.69) is 34.5 Å². The Labute approximate surface area is 132 Å². The fourth-order valence-corrected chi connectivity index (χ4v) is 4.26. The molecule has 0 aromatic heterocycles. The van der Waals surface area contributed by atoms with Gasteiger partial charge in [-0.3, -0.25) is 4.90 Å². The molecule has 3 rings (SSSR count). The van der Waals surface area contributed by atoms with Crippen molar-refractivity contribution in [1.82, 2.24) is 10.2 Å². The van der Waals surface area contributed by atoms with Gasteiger partial charge in [-0.15, -0.1) is 0 Å². The summed E-state index contributed by atoms with van der Waals surface area (Å²) in [7, 11) is 0. The SMILES string of the molecule is O=C(O)NC1CCC2(CCCCC2)N(Cc2ccccc2)C1. The lowest BCUT2D eigenvalue weighted by Gasteiger charge is -2.51. The summed E-state index contributed by atoms with van der Waals surface area (Å²) in [6.07, 6.45) is 7.67. The molecule has 1 atom stereocenters. The van der Waals surface area contributed by atoms with Crippen LogP contribution in [0.4, 0.5) is 4.79 Å². The van der Waals surface area contributed by atoms with Crippen LogP contribution in [0.2, 0.25) is 0 Å². The second-order valence-electron chi connectivity index (χ2n) is 6.84. The first-order chi connectivity index (χ1) is 10.7. The third kappa shape index (κ3) is 3.43. The van der Waals surface area contributed by atoms with E-state index < -0.39 is 6.09 Å². The van der Waals surface area contributed by atoms with E-state index in [9.17, 15) is 4.79 Å². The molecule has 1 saturated heterocycles. The minimum absolute atomic E-state index is 0.0637. The summed E-state index contributed by atoms with van der Waals surface area (Å²) in [5.41, 5.74) is 1.62. The summed E-state index contributed by atoms with van der Waals surface area (Å²) in [6, 6.07) is 10.6. The van der Waals surface area contributed by atoms with Crippen LogP contribution in [0.15, 0.2) is 30.3 Å². The van der Waals surface area contributed by atoms with E-state index in [1.165, 1.54) is 37.7 Å². The Morgan fingerprint density at radius 2 is 1.91 bits per heavy atom. The lowest BCUT2D eigenvalue weighted by molar-refractivity contribution is -0.00424. The van der Waals surface area contributed by atoms with Gasteiger partial charge in [0.25, 0.3) is 0 Å². The van der Waals surface area contributed by atoms with Crippen LogP contribution in [-0.4, -0.2) is 34.2 Å². The Morgan fingerprint density at radius 3 is 2.59 bits per heavy atom. The molecule has 4 heteroatoms. The topological polar surface area (TPSA) is 52.6 Å². The molecule has 1 unspecified atom stereocenters. The first-order valence-corrected chi connectivity index (χ1v) is 8.46. The van der Waals surface area contributed by atoms with Crippen molar-refractivity contribution in [2.45, 2.75) is 63.1 Å². The van der Waals surface area contributed by atoms with Crippen LogP contribution < -0.4 is 5.32 Å². The van der Waals surface area contributed by atoms with E-state index in [1.807, 2.05) is 6.07 Å². The van der Waals surface area contributed by atoms with Crippen molar-refractivity contribution in [2.24, 2.45) is 0 Å². The van der Waals surface area contributed by atoms with E-state index in [1.54, 1.807) is 0 Å². The molecule has 0 bridgehead atoms. The number of piperidine rings is 1. The highest BCUT2D eigenvalue weighted by Crippen LogP contribution is 2.41. The van der Waals surface area contributed by atoms with Crippen LogP contribution >= 0.6 is 0 Å². The fraction of sp³-hybridized carbons (Fsp3) is 0.611. The molecule has 4 nitrogen and oxygen atoms in total. The van der Waals surface area contributed by atoms with E-state index in [0.717, 1.165) is 25.9 Å². The van der Waals surface area contributed by atoms with E-state index in [0.29, 0.717) is 5.54 Å². The summed E-state index contributed by atoms with van der Waals surface area (Å²) in [6.45, 7) is 1.76. The Hall–Kier alpha value is -1.55. The predicted molar refractivity (Wildman–Crippen MR) is 86.9 cm³/mol.